The summed E-state index contributed by atoms with van der Waals surface area (Å²) in [5.41, 5.74) is 1.51. The molecule has 0 saturated carbocycles. The predicted molar refractivity (Wildman–Crippen MR) is 63.5 cm³/mol. The Kier molecular flexibility index (Phi) is 2.74. The lowest BCUT2D eigenvalue weighted by Crippen LogP contribution is -2.00. The Balaban J connectivity index is 2.84. The average Bonchev–Trinajstić information content (AvgIpc) is 2.18. The summed E-state index contributed by atoms with van der Waals surface area (Å²) in [5, 5.41) is 10.1. The molecule has 3 nitrogen and oxygen atoms in total. The van der Waals surface area contributed by atoms with Gasteiger partial charge in [-0.05, 0) is 30.7 Å². The summed E-state index contributed by atoms with van der Waals surface area (Å²) in [6.45, 7) is 1.85. The molecule has 82 valence electrons. The highest BCUT2D eigenvalue weighted by molar-refractivity contribution is 6.33. The van der Waals surface area contributed by atoms with E-state index in [1.165, 1.54) is 6.07 Å². The van der Waals surface area contributed by atoms with Crippen molar-refractivity contribution < 1.29 is 9.90 Å². The molecule has 1 N–H and O–H groups in total. The van der Waals surface area contributed by atoms with Crippen molar-refractivity contribution in [3.63, 3.8) is 0 Å². The van der Waals surface area contributed by atoms with Crippen LogP contribution in [0.25, 0.3) is 10.9 Å². The van der Waals surface area contributed by atoms with E-state index in [0.717, 1.165) is 5.56 Å². The summed E-state index contributed by atoms with van der Waals surface area (Å²) in [6, 6.07) is 4.90. The van der Waals surface area contributed by atoms with Crippen molar-refractivity contribution in [1.29, 1.82) is 0 Å². The van der Waals surface area contributed by atoms with Gasteiger partial charge in [-0.1, -0.05) is 23.2 Å². The molecule has 16 heavy (non-hydrogen) atoms. The summed E-state index contributed by atoms with van der Waals surface area (Å²) >= 11 is 11.7. The maximum Gasteiger partial charge on any atom is 0.338 e. The van der Waals surface area contributed by atoms with Crippen molar-refractivity contribution in [1.82, 2.24) is 4.98 Å². The largest absolute Gasteiger partial charge is 0.478 e. The Morgan fingerprint density at radius 2 is 2.00 bits per heavy atom. The summed E-state index contributed by atoms with van der Waals surface area (Å²) < 4.78 is 0. The predicted octanol–water partition coefficient (Wildman–Crippen LogP) is 3.55. The number of benzene rings is 1. The Morgan fingerprint density at radius 3 is 2.62 bits per heavy atom. The SMILES string of the molecule is Cc1cc(Cl)cc2cc(C(=O)O)c(Cl)nc12. The lowest BCUT2D eigenvalue weighted by Gasteiger charge is -2.05. The van der Waals surface area contributed by atoms with Gasteiger partial charge in [0.15, 0.2) is 0 Å². The molecule has 0 unspecified atom stereocenters. The molecule has 2 rings (SSSR count). The molecule has 1 aromatic carbocycles. The number of aromatic nitrogens is 1. The molecule has 0 radical (unpaired) electrons. The molecule has 0 amide bonds. The molecule has 0 aliphatic carbocycles. The van der Waals surface area contributed by atoms with Gasteiger partial charge in [-0.15, -0.1) is 0 Å². The second-order valence-electron chi connectivity index (χ2n) is 3.43. The van der Waals surface area contributed by atoms with Gasteiger partial charge in [-0.25, -0.2) is 9.78 Å². The smallest absolute Gasteiger partial charge is 0.338 e. The molecule has 0 bridgehead atoms. The quantitative estimate of drug-likeness (QED) is 0.793. The number of aryl methyl sites for hydroxylation is 1. The van der Waals surface area contributed by atoms with Crippen LogP contribution in [0.5, 0.6) is 0 Å². The Bertz CT molecular complexity index is 596. The summed E-state index contributed by atoms with van der Waals surface area (Å²) in [4.78, 5) is 14.9. The first-order valence-corrected chi connectivity index (χ1v) is 5.24. The molecule has 5 heteroatoms. The van der Waals surface area contributed by atoms with E-state index in [4.69, 9.17) is 28.3 Å². The molecule has 0 aliphatic rings. The van der Waals surface area contributed by atoms with E-state index < -0.39 is 5.97 Å². The Labute approximate surface area is 102 Å². The number of fused-ring (bicyclic) bond motifs is 1. The van der Waals surface area contributed by atoms with E-state index in [1.807, 2.05) is 6.92 Å². The number of aromatic carboxylic acids is 1. The minimum Gasteiger partial charge on any atom is -0.478 e. The second kappa shape index (κ2) is 3.92. The van der Waals surface area contributed by atoms with Crippen LogP contribution in [-0.2, 0) is 0 Å². The van der Waals surface area contributed by atoms with Gasteiger partial charge in [-0.3, -0.25) is 0 Å². The van der Waals surface area contributed by atoms with Crippen LogP contribution in [-0.4, -0.2) is 16.1 Å². The fourth-order valence-electron chi connectivity index (χ4n) is 1.55. The van der Waals surface area contributed by atoms with Crippen LogP contribution in [0.4, 0.5) is 0 Å². The van der Waals surface area contributed by atoms with Gasteiger partial charge in [0.2, 0.25) is 0 Å². The third-order valence-electron chi connectivity index (χ3n) is 2.26. The third-order valence-corrected chi connectivity index (χ3v) is 2.76. The second-order valence-corrected chi connectivity index (χ2v) is 4.22. The summed E-state index contributed by atoms with van der Waals surface area (Å²) in [7, 11) is 0. The van der Waals surface area contributed by atoms with Crippen LogP contribution in [0.15, 0.2) is 18.2 Å². The van der Waals surface area contributed by atoms with E-state index in [0.29, 0.717) is 15.9 Å². The van der Waals surface area contributed by atoms with Gasteiger partial charge in [0.1, 0.15) is 5.15 Å². The van der Waals surface area contributed by atoms with Gasteiger partial charge in [0.05, 0.1) is 11.1 Å². The number of hydrogen-bond acceptors (Lipinski definition) is 2. The van der Waals surface area contributed by atoms with E-state index in [1.54, 1.807) is 12.1 Å². The van der Waals surface area contributed by atoms with Gasteiger partial charge >= 0.3 is 5.97 Å². The van der Waals surface area contributed by atoms with Crippen molar-refractivity contribution in [2.75, 3.05) is 0 Å². The standard InChI is InChI=1S/C11H7Cl2NO2/c1-5-2-7(12)3-6-4-8(11(15)16)10(13)14-9(5)6/h2-4H,1H3,(H,15,16). The fraction of sp³-hybridized carbons (Fsp3) is 0.0909. The molecule has 1 heterocycles. The average molecular weight is 256 g/mol. The van der Waals surface area contributed by atoms with Gasteiger partial charge < -0.3 is 5.11 Å². The molecule has 0 fully saturated rings. The lowest BCUT2D eigenvalue weighted by atomic mass is 10.1. The molecule has 2 aromatic rings. The molecule has 1 aromatic heterocycles. The fourth-order valence-corrected chi connectivity index (χ4v) is 2.05. The van der Waals surface area contributed by atoms with E-state index in [2.05, 4.69) is 4.98 Å². The molecular weight excluding hydrogens is 249 g/mol. The highest BCUT2D eigenvalue weighted by atomic mass is 35.5. The van der Waals surface area contributed by atoms with Crippen molar-refractivity contribution in [2.24, 2.45) is 0 Å². The lowest BCUT2D eigenvalue weighted by molar-refractivity contribution is 0.0697. The summed E-state index contributed by atoms with van der Waals surface area (Å²) in [6.07, 6.45) is 0. The van der Waals surface area contributed by atoms with Crippen molar-refractivity contribution in [2.45, 2.75) is 6.92 Å². The number of halogens is 2. The van der Waals surface area contributed by atoms with Gasteiger partial charge in [0.25, 0.3) is 0 Å². The maximum atomic E-state index is 10.9. The van der Waals surface area contributed by atoms with Crippen LogP contribution in [0.3, 0.4) is 0 Å². The first kappa shape index (κ1) is 11.2. The van der Waals surface area contributed by atoms with Crippen LogP contribution >= 0.6 is 23.2 Å². The molecule has 0 saturated heterocycles. The number of carbonyl (C=O) groups is 1. The number of carboxylic acids is 1. The topological polar surface area (TPSA) is 50.2 Å². The maximum absolute atomic E-state index is 10.9. The number of hydrogen-bond donors (Lipinski definition) is 1. The monoisotopic (exact) mass is 255 g/mol. The summed E-state index contributed by atoms with van der Waals surface area (Å²) in [5.74, 6) is -1.10. The Morgan fingerprint density at radius 1 is 1.31 bits per heavy atom. The van der Waals surface area contributed by atoms with Crippen molar-refractivity contribution in [3.05, 3.63) is 39.5 Å². The normalized spacial score (nSPS) is 10.7. The number of rotatable bonds is 1. The van der Waals surface area contributed by atoms with Gasteiger partial charge in [-0.2, -0.15) is 0 Å². The minimum atomic E-state index is -1.10. The van der Waals surface area contributed by atoms with E-state index in [9.17, 15) is 4.79 Å². The molecule has 0 spiro atoms. The Hall–Kier alpha value is -1.32. The first-order valence-electron chi connectivity index (χ1n) is 4.48. The van der Waals surface area contributed by atoms with E-state index >= 15 is 0 Å². The zero-order valence-corrected chi connectivity index (χ0v) is 9.80. The van der Waals surface area contributed by atoms with Crippen LogP contribution in [0.1, 0.15) is 15.9 Å². The molecular formula is C11H7Cl2NO2. The number of pyridine rings is 1. The molecule has 0 atom stereocenters. The van der Waals surface area contributed by atoms with Crippen LogP contribution < -0.4 is 0 Å². The zero-order valence-electron chi connectivity index (χ0n) is 8.29. The number of nitrogens with zero attached hydrogens (tertiary/aromatic N) is 1. The van der Waals surface area contributed by atoms with Crippen LogP contribution in [0.2, 0.25) is 10.2 Å². The highest BCUT2D eigenvalue weighted by Crippen LogP contribution is 2.26. The van der Waals surface area contributed by atoms with Gasteiger partial charge in [0, 0.05) is 10.4 Å². The van der Waals surface area contributed by atoms with Crippen molar-refractivity contribution >= 4 is 40.1 Å². The number of carboxylic acid groups (broad SMARTS) is 1. The zero-order chi connectivity index (χ0) is 11.9. The molecule has 0 aliphatic heterocycles. The minimum absolute atomic E-state index is 0.00887. The first-order chi connectivity index (χ1) is 7.49. The van der Waals surface area contributed by atoms with Crippen LogP contribution in [0, 0.1) is 6.92 Å². The highest BCUT2D eigenvalue weighted by Gasteiger charge is 2.12. The van der Waals surface area contributed by atoms with Crippen molar-refractivity contribution in [3.8, 4) is 0 Å². The third kappa shape index (κ3) is 1.84. The van der Waals surface area contributed by atoms with E-state index in [-0.39, 0.29) is 10.7 Å².